The Labute approximate surface area is 166 Å². The molecule has 1 atom stereocenters. The molecule has 0 saturated carbocycles. The Morgan fingerprint density at radius 3 is 2.57 bits per heavy atom. The molecule has 7 heteroatoms. The number of hydrogen-bond acceptors (Lipinski definition) is 5. The Morgan fingerprint density at radius 2 is 1.96 bits per heavy atom. The Balaban J connectivity index is 1.61. The van der Waals surface area contributed by atoms with E-state index in [-0.39, 0.29) is 23.5 Å². The number of ether oxygens (including phenoxy) is 1. The highest BCUT2D eigenvalue weighted by molar-refractivity contribution is 7.91. The first-order valence-corrected chi connectivity index (χ1v) is 11.5. The fourth-order valence-electron chi connectivity index (χ4n) is 3.57. The van der Waals surface area contributed by atoms with Gasteiger partial charge in [-0.2, -0.15) is 0 Å². The molecule has 152 valence electrons. The number of furan rings is 1. The van der Waals surface area contributed by atoms with Gasteiger partial charge in [0.2, 0.25) is 5.91 Å². The summed E-state index contributed by atoms with van der Waals surface area (Å²) in [7, 11) is -1.39. The summed E-state index contributed by atoms with van der Waals surface area (Å²) in [5, 5.41) is 0. The second-order valence-corrected chi connectivity index (χ2v) is 9.37. The van der Waals surface area contributed by atoms with Crippen LogP contribution in [0.5, 0.6) is 5.75 Å². The van der Waals surface area contributed by atoms with E-state index in [1.54, 1.807) is 12.0 Å². The fourth-order valence-corrected chi connectivity index (χ4v) is 5.30. The number of benzene rings is 1. The van der Waals surface area contributed by atoms with Crippen LogP contribution in [0.25, 0.3) is 11.3 Å². The van der Waals surface area contributed by atoms with Gasteiger partial charge in [0.1, 0.15) is 17.3 Å². The Bertz CT molecular complexity index is 901. The van der Waals surface area contributed by atoms with Crippen molar-refractivity contribution in [1.29, 1.82) is 0 Å². The zero-order valence-electron chi connectivity index (χ0n) is 16.4. The normalized spacial score (nSPS) is 18.1. The number of carbonyl (C=O) groups excluding carboxylic acids is 1. The average Bonchev–Trinajstić information content (AvgIpc) is 3.30. The number of rotatable bonds is 8. The number of amides is 1. The molecule has 1 unspecified atom stereocenters. The van der Waals surface area contributed by atoms with Crippen LogP contribution >= 0.6 is 0 Å². The molecule has 1 aliphatic rings. The van der Waals surface area contributed by atoms with Crippen molar-refractivity contribution in [2.45, 2.75) is 38.6 Å². The van der Waals surface area contributed by atoms with Crippen LogP contribution in [0.2, 0.25) is 0 Å². The summed E-state index contributed by atoms with van der Waals surface area (Å²) in [6.07, 6.45) is 2.15. The van der Waals surface area contributed by atoms with E-state index in [1.807, 2.05) is 43.3 Å². The Kier molecular flexibility index (Phi) is 6.44. The average molecular weight is 406 g/mol. The van der Waals surface area contributed by atoms with E-state index in [2.05, 4.69) is 0 Å². The van der Waals surface area contributed by atoms with Crippen LogP contribution in [0, 0.1) is 0 Å². The zero-order valence-corrected chi connectivity index (χ0v) is 17.2. The summed E-state index contributed by atoms with van der Waals surface area (Å²) < 4.78 is 34.6. The van der Waals surface area contributed by atoms with Crippen molar-refractivity contribution in [2.24, 2.45) is 0 Å². The summed E-state index contributed by atoms with van der Waals surface area (Å²) in [6, 6.07) is 11.2. The topological polar surface area (TPSA) is 76.8 Å². The summed E-state index contributed by atoms with van der Waals surface area (Å²) in [6.45, 7) is 2.59. The van der Waals surface area contributed by atoms with Gasteiger partial charge >= 0.3 is 0 Å². The Morgan fingerprint density at radius 1 is 1.21 bits per heavy atom. The maximum Gasteiger partial charge on any atom is 0.223 e. The highest BCUT2D eigenvalue weighted by Crippen LogP contribution is 2.25. The molecule has 0 spiro atoms. The van der Waals surface area contributed by atoms with E-state index < -0.39 is 9.84 Å². The van der Waals surface area contributed by atoms with Gasteiger partial charge < -0.3 is 14.1 Å². The minimum Gasteiger partial charge on any atom is -0.497 e. The van der Waals surface area contributed by atoms with Gasteiger partial charge in [0.25, 0.3) is 0 Å². The van der Waals surface area contributed by atoms with Crippen LogP contribution in [0.1, 0.15) is 31.9 Å². The fraction of sp³-hybridized carbons (Fsp3) is 0.476. The second-order valence-electron chi connectivity index (χ2n) is 7.14. The SMILES string of the molecule is CCCN(C(=O)CCc1ccc(-c2ccc(OC)cc2)o1)C1CCS(=O)(=O)C1. The number of sulfone groups is 1. The van der Waals surface area contributed by atoms with E-state index in [9.17, 15) is 13.2 Å². The number of hydrogen-bond donors (Lipinski definition) is 0. The third kappa shape index (κ3) is 4.95. The molecular weight excluding hydrogens is 378 g/mol. The second kappa shape index (κ2) is 8.82. The highest BCUT2D eigenvalue weighted by Gasteiger charge is 2.34. The van der Waals surface area contributed by atoms with Gasteiger partial charge in [-0.3, -0.25) is 4.79 Å². The van der Waals surface area contributed by atoms with Gasteiger partial charge in [-0.05, 0) is 49.2 Å². The molecule has 6 nitrogen and oxygen atoms in total. The minimum absolute atomic E-state index is 0.00801. The largest absolute Gasteiger partial charge is 0.497 e. The lowest BCUT2D eigenvalue weighted by Gasteiger charge is -2.28. The first kappa shape index (κ1) is 20.5. The van der Waals surface area contributed by atoms with Crippen molar-refractivity contribution < 1.29 is 22.4 Å². The smallest absolute Gasteiger partial charge is 0.223 e. The molecule has 1 aromatic carbocycles. The summed E-state index contributed by atoms with van der Waals surface area (Å²) >= 11 is 0. The van der Waals surface area contributed by atoms with Crippen LogP contribution in [0.4, 0.5) is 0 Å². The lowest BCUT2D eigenvalue weighted by atomic mass is 10.1. The molecule has 0 radical (unpaired) electrons. The van der Waals surface area contributed by atoms with Crippen molar-refractivity contribution >= 4 is 15.7 Å². The molecule has 2 aromatic rings. The number of carbonyl (C=O) groups is 1. The maximum absolute atomic E-state index is 12.7. The molecule has 1 aromatic heterocycles. The number of aryl methyl sites for hydroxylation is 1. The molecular formula is C21H27NO5S. The van der Waals surface area contributed by atoms with Crippen molar-refractivity contribution in [1.82, 2.24) is 4.90 Å². The lowest BCUT2D eigenvalue weighted by molar-refractivity contribution is -0.133. The molecule has 2 heterocycles. The van der Waals surface area contributed by atoms with Crippen LogP contribution in [-0.2, 0) is 21.1 Å². The van der Waals surface area contributed by atoms with Crippen molar-refractivity contribution in [2.75, 3.05) is 25.2 Å². The molecule has 1 amide bonds. The quantitative estimate of drug-likeness (QED) is 0.673. The number of nitrogens with zero attached hydrogens (tertiary/aromatic N) is 1. The zero-order chi connectivity index (χ0) is 20.1. The van der Waals surface area contributed by atoms with Crippen LogP contribution in [0.15, 0.2) is 40.8 Å². The van der Waals surface area contributed by atoms with Gasteiger partial charge in [-0.25, -0.2) is 8.42 Å². The van der Waals surface area contributed by atoms with Crippen LogP contribution in [0.3, 0.4) is 0 Å². The molecule has 0 aliphatic carbocycles. The minimum atomic E-state index is -3.01. The molecule has 1 saturated heterocycles. The number of methoxy groups -OCH3 is 1. The summed E-state index contributed by atoms with van der Waals surface area (Å²) in [5.41, 5.74) is 0.946. The maximum atomic E-state index is 12.7. The molecule has 0 N–H and O–H groups in total. The van der Waals surface area contributed by atoms with Gasteiger partial charge in [0.05, 0.1) is 18.6 Å². The van der Waals surface area contributed by atoms with Crippen molar-refractivity contribution in [3.63, 3.8) is 0 Å². The summed E-state index contributed by atoms with van der Waals surface area (Å²) in [5.74, 6) is 2.53. The van der Waals surface area contributed by atoms with E-state index in [1.165, 1.54) is 0 Å². The Hall–Kier alpha value is -2.28. The van der Waals surface area contributed by atoms with Gasteiger partial charge in [0, 0.05) is 31.0 Å². The highest BCUT2D eigenvalue weighted by atomic mass is 32.2. The molecule has 1 fully saturated rings. The van der Waals surface area contributed by atoms with Gasteiger partial charge in [0.15, 0.2) is 9.84 Å². The summed E-state index contributed by atoms with van der Waals surface area (Å²) in [4.78, 5) is 14.5. The third-order valence-electron chi connectivity index (χ3n) is 5.06. The third-order valence-corrected chi connectivity index (χ3v) is 6.81. The van der Waals surface area contributed by atoms with E-state index in [4.69, 9.17) is 9.15 Å². The molecule has 28 heavy (non-hydrogen) atoms. The molecule has 0 bridgehead atoms. The standard InChI is InChI=1S/C21H27NO5S/c1-3-13-22(17-12-14-28(24,25)15-17)21(23)11-9-19-8-10-20(27-19)16-4-6-18(26-2)7-5-16/h4-8,10,17H,3,9,11-15H2,1-2H3. The first-order chi connectivity index (χ1) is 13.4. The van der Waals surface area contributed by atoms with E-state index in [0.717, 1.165) is 29.3 Å². The van der Waals surface area contributed by atoms with E-state index >= 15 is 0 Å². The van der Waals surface area contributed by atoms with Gasteiger partial charge in [-0.1, -0.05) is 6.92 Å². The van der Waals surface area contributed by atoms with Crippen molar-refractivity contribution in [3.05, 3.63) is 42.2 Å². The van der Waals surface area contributed by atoms with Crippen LogP contribution < -0.4 is 4.74 Å². The van der Waals surface area contributed by atoms with Gasteiger partial charge in [-0.15, -0.1) is 0 Å². The predicted octanol–water partition coefficient (Wildman–Crippen LogP) is 3.31. The predicted molar refractivity (Wildman–Crippen MR) is 108 cm³/mol. The van der Waals surface area contributed by atoms with Crippen LogP contribution in [-0.4, -0.2) is 50.4 Å². The molecule has 3 rings (SSSR count). The van der Waals surface area contributed by atoms with Crippen molar-refractivity contribution in [3.8, 4) is 17.1 Å². The molecule has 1 aliphatic heterocycles. The lowest BCUT2D eigenvalue weighted by Crippen LogP contribution is -2.41. The first-order valence-electron chi connectivity index (χ1n) is 9.65. The monoisotopic (exact) mass is 405 g/mol. The van der Waals surface area contributed by atoms with E-state index in [0.29, 0.717) is 25.8 Å².